The van der Waals surface area contributed by atoms with Gasteiger partial charge in [-0.3, -0.25) is 14.4 Å². The van der Waals surface area contributed by atoms with E-state index in [-0.39, 0.29) is 60.5 Å². The standard InChI is InChI=1S/C41H48N2O9/c1-38(2,3)52-37(49)29-21-26(12-14-32(29)45)42-43-31-9-7-6-8-24(31)10-15-35(48)51-23-34(47)41(50)19-17-30-28-13-11-25-20-27(44)16-18-39(25,4)36(28)33(46)22-40(30,41)5/h6-9,11-12,14,16,18,21,28,30,33,36,45-46,50H,10,13,15,17,19-20,22-23H2,1-5H3. The fourth-order valence-corrected chi connectivity index (χ4v) is 9.29. The Morgan fingerprint density at radius 2 is 1.81 bits per heavy atom. The molecule has 11 heteroatoms. The SMILES string of the molecule is CC(C)(C)OC(=O)c1cc(N=Nc2ccccc2CCC(=O)OCC(=O)C2(O)CCC3C4CC=C5CC(=O)C=CC5(C)C4C(O)CC32C)ccc1O. The number of ether oxygens (including phenoxy) is 2. The van der Waals surface area contributed by atoms with Gasteiger partial charge >= 0.3 is 11.9 Å². The van der Waals surface area contributed by atoms with Crippen LogP contribution < -0.4 is 0 Å². The lowest BCUT2D eigenvalue weighted by Gasteiger charge is -2.58. The number of allylic oxidation sites excluding steroid dienone is 4. The van der Waals surface area contributed by atoms with Crippen molar-refractivity contribution in [2.45, 2.75) is 96.9 Å². The van der Waals surface area contributed by atoms with E-state index in [2.05, 4.69) is 23.2 Å². The van der Waals surface area contributed by atoms with E-state index >= 15 is 0 Å². The lowest BCUT2D eigenvalue weighted by Crippen LogP contribution is -2.61. The third-order valence-electron chi connectivity index (χ3n) is 11.9. The number of carbonyl (C=O) groups is 4. The van der Waals surface area contributed by atoms with E-state index in [1.807, 2.05) is 13.0 Å². The number of aryl methyl sites for hydroxylation is 1. The highest BCUT2D eigenvalue weighted by Gasteiger charge is 2.68. The number of carbonyl (C=O) groups excluding carboxylic acids is 4. The van der Waals surface area contributed by atoms with Crippen molar-refractivity contribution in [2.24, 2.45) is 38.8 Å². The van der Waals surface area contributed by atoms with Crippen LogP contribution in [-0.4, -0.2) is 62.7 Å². The minimum atomic E-state index is -1.75. The maximum absolute atomic E-state index is 13.7. The molecule has 0 radical (unpaired) electrons. The van der Waals surface area contributed by atoms with Gasteiger partial charge in [0.2, 0.25) is 5.78 Å². The first kappa shape index (κ1) is 37.3. The number of azo groups is 1. The summed E-state index contributed by atoms with van der Waals surface area (Å²) in [6.45, 7) is 8.57. The Bertz CT molecular complexity index is 1870. The Morgan fingerprint density at radius 1 is 1.06 bits per heavy atom. The second-order valence-electron chi connectivity index (χ2n) is 16.2. The molecule has 52 heavy (non-hydrogen) atoms. The van der Waals surface area contributed by atoms with Crippen LogP contribution in [0.25, 0.3) is 0 Å². The quantitative estimate of drug-likeness (QED) is 0.143. The average molecular weight is 713 g/mol. The number of ketones is 2. The molecule has 0 amide bonds. The Labute approximate surface area is 303 Å². The third kappa shape index (κ3) is 6.88. The number of aliphatic hydroxyl groups is 2. The average Bonchev–Trinajstić information content (AvgIpc) is 3.35. The van der Waals surface area contributed by atoms with Gasteiger partial charge in [-0.2, -0.15) is 10.2 Å². The molecule has 2 saturated carbocycles. The number of aromatic hydroxyl groups is 1. The van der Waals surface area contributed by atoms with E-state index in [0.717, 1.165) is 5.57 Å². The summed E-state index contributed by atoms with van der Waals surface area (Å²) in [5.74, 6) is -2.16. The minimum absolute atomic E-state index is 0.0256. The Balaban J connectivity index is 1.07. The second-order valence-corrected chi connectivity index (χ2v) is 16.2. The molecule has 3 N–H and O–H groups in total. The molecule has 276 valence electrons. The van der Waals surface area contributed by atoms with Gasteiger partial charge in [-0.1, -0.05) is 49.8 Å². The summed E-state index contributed by atoms with van der Waals surface area (Å²) in [5.41, 5.74) is -1.35. The van der Waals surface area contributed by atoms with E-state index in [0.29, 0.717) is 36.2 Å². The number of hydrogen-bond donors (Lipinski definition) is 3. The summed E-state index contributed by atoms with van der Waals surface area (Å²) in [5, 5.41) is 42.3. The molecule has 0 aliphatic heterocycles. The fraction of sp³-hybridized carbons (Fsp3) is 0.512. The van der Waals surface area contributed by atoms with Gasteiger partial charge in [0.05, 0.1) is 17.5 Å². The zero-order valence-electron chi connectivity index (χ0n) is 30.4. The molecule has 7 atom stereocenters. The number of esters is 2. The normalized spacial score (nSPS) is 31.0. The van der Waals surface area contributed by atoms with Crippen LogP contribution in [0, 0.1) is 28.6 Å². The Kier molecular flexibility index (Phi) is 9.91. The highest BCUT2D eigenvalue weighted by atomic mass is 16.6. The Hall–Kier alpha value is -4.48. The molecular weight excluding hydrogens is 664 g/mol. The first-order chi connectivity index (χ1) is 24.4. The van der Waals surface area contributed by atoms with Gasteiger partial charge in [-0.15, -0.1) is 0 Å². The number of nitrogens with zero attached hydrogens (tertiary/aromatic N) is 2. The molecule has 4 aliphatic carbocycles. The van der Waals surface area contributed by atoms with Crippen molar-refractivity contribution in [3.8, 4) is 5.75 Å². The topological polar surface area (TPSA) is 172 Å². The number of rotatable bonds is 9. The number of benzene rings is 2. The van der Waals surface area contributed by atoms with E-state index in [1.54, 1.807) is 51.1 Å². The van der Waals surface area contributed by atoms with Crippen LogP contribution in [0.5, 0.6) is 5.75 Å². The summed E-state index contributed by atoms with van der Waals surface area (Å²) >= 11 is 0. The fourth-order valence-electron chi connectivity index (χ4n) is 9.29. The van der Waals surface area contributed by atoms with E-state index < -0.39 is 52.5 Å². The smallest absolute Gasteiger partial charge is 0.342 e. The van der Waals surface area contributed by atoms with Gasteiger partial charge in [-0.25, -0.2) is 4.79 Å². The van der Waals surface area contributed by atoms with Crippen molar-refractivity contribution in [3.63, 3.8) is 0 Å². The molecular formula is C41H48N2O9. The first-order valence-electron chi connectivity index (χ1n) is 18.0. The zero-order valence-corrected chi connectivity index (χ0v) is 30.4. The van der Waals surface area contributed by atoms with Crippen LogP contribution in [0.2, 0.25) is 0 Å². The van der Waals surface area contributed by atoms with Crippen LogP contribution in [0.4, 0.5) is 11.4 Å². The van der Waals surface area contributed by atoms with Crippen LogP contribution in [-0.2, 0) is 30.3 Å². The number of phenolic OH excluding ortho intramolecular Hbond substituents is 1. The van der Waals surface area contributed by atoms with Crippen LogP contribution >= 0.6 is 0 Å². The van der Waals surface area contributed by atoms with Gasteiger partial charge in [0.25, 0.3) is 0 Å². The minimum Gasteiger partial charge on any atom is -0.507 e. The number of Topliss-reactive ketones (excluding diaryl/α,β-unsaturated/α-hetero) is 1. The van der Waals surface area contributed by atoms with Gasteiger partial charge in [0, 0.05) is 29.6 Å². The number of phenols is 1. The second kappa shape index (κ2) is 13.8. The summed E-state index contributed by atoms with van der Waals surface area (Å²) in [6, 6.07) is 11.3. The summed E-state index contributed by atoms with van der Waals surface area (Å²) < 4.78 is 10.8. The predicted octanol–water partition coefficient (Wildman–Crippen LogP) is 6.82. The highest BCUT2D eigenvalue weighted by molar-refractivity contribution is 5.94. The highest BCUT2D eigenvalue weighted by Crippen LogP contribution is 2.66. The van der Waals surface area contributed by atoms with Crippen LogP contribution in [0.15, 0.2) is 76.5 Å². The molecule has 7 unspecified atom stereocenters. The van der Waals surface area contributed by atoms with Crippen LogP contribution in [0.1, 0.15) is 89.1 Å². The first-order valence-corrected chi connectivity index (χ1v) is 18.0. The third-order valence-corrected chi connectivity index (χ3v) is 11.9. The largest absolute Gasteiger partial charge is 0.507 e. The van der Waals surface area contributed by atoms with Crippen molar-refractivity contribution in [1.82, 2.24) is 0 Å². The lowest BCUT2D eigenvalue weighted by molar-refractivity contribution is -0.179. The maximum Gasteiger partial charge on any atom is 0.342 e. The molecule has 0 heterocycles. The molecule has 2 fully saturated rings. The van der Waals surface area contributed by atoms with Crippen molar-refractivity contribution in [2.75, 3.05) is 6.61 Å². The molecule has 0 aromatic heterocycles. The molecule has 0 spiro atoms. The zero-order chi connectivity index (χ0) is 37.6. The molecule has 0 bridgehead atoms. The molecule has 0 saturated heterocycles. The van der Waals surface area contributed by atoms with E-state index in [9.17, 15) is 34.5 Å². The number of hydrogen-bond acceptors (Lipinski definition) is 11. The Morgan fingerprint density at radius 3 is 2.56 bits per heavy atom. The molecule has 2 aromatic carbocycles. The number of aliphatic hydroxyl groups excluding tert-OH is 1. The molecule has 6 rings (SSSR count). The van der Waals surface area contributed by atoms with E-state index in [1.165, 1.54) is 18.2 Å². The molecule has 2 aromatic rings. The van der Waals surface area contributed by atoms with Gasteiger partial charge in [0.1, 0.15) is 22.5 Å². The van der Waals surface area contributed by atoms with Crippen molar-refractivity contribution >= 4 is 34.9 Å². The van der Waals surface area contributed by atoms with E-state index in [4.69, 9.17) is 9.47 Å². The van der Waals surface area contributed by atoms with Crippen molar-refractivity contribution in [3.05, 3.63) is 77.4 Å². The predicted molar refractivity (Wildman–Crippen MR) is 191 cm³/mol. The summed E-state index contributed by atoms with van der Waals surface area (Å²) in [4.78, 5) is 51.3. The van der Waals surface area contributed by atoms with Gasteiger partial charge in [0.15, 0.2) is 12.4 Å². The van der Waals surface area contributed by atoms with Crippen LogP contribution in [0.3, 0.4) is 0 Å². The monoisotopic (exact) mass is 712 g/mol. The van der Waals surface area contributed by atoms with Crippen molar-refractivity contribution in [1.29, 1.82) is 0 Å². The molecule has 11 nitrogen and oxygen atoms in total. The van der Waals surface area contributed by atoms with Gasteiger partial charge < -0.3 is 24.8 Å². The summed E-state index contributed by atoms with van der Waals surface area (Å²) in [7, 11) is 0. The van der Waals surface area contributed by atoms with Crippen molar-refractivity contribution < 1.29 is 44.0 Å². The molecule has 4 aliphatic rings. The van der Waals surface area contributed by atoms with Gasteiger partial charge in [-0.05, 0) is 101 Å². The summed E-state index contributed by atoms with van der Waals surface area (Å²) in [6.07, 6.45) is 7.18. The lowest BCUT2D eigenvalue weighted by atomic mass is 9.47. The number of fused-ring (bicyclic) bond motifs is 5. The maximum atomic E-state index is 13.7.